The van der Waals surface area contributed by atoms with E-state index in [0.717, 1.165) is 6.42 Å². The Morgan fingerprint density at radius 2 is 1.85 bits per heavy atom. The van der Waals surface area contributed by atoms with Gasteiger partial charge >= 0.3 is 0 Å². The molecule has 2 aromatic rings. The quantitative estimate of drug-likeness (QED) is 0.846. The summed E-state index contributed by atoms with van der Waals surface area (Å²) in [6, 6.07) is 10.6. The highest BCUT2D eigenvalue weighted by Gasteiger charge is 2.13. The molecule has 5 heteroatoms. The van der Waals surface area contributed by atoms with Gasteiger partial charge in [0.05, 0.1) is 7.11 Å². The summed E-state index contributed by atoms with van der Waals surface area (Å²) in [5.41, 5.74) is 1.29. The first kappa shape index (κ1) is 14.1. The molecule has 0 amide bonds. The fraction of sp³-hybridized carbons (Fsp3) is 0.333. The van der Waals surface area contributed by atoms with Crippen LogP contribution in [0.25, 0.3) is 0 Å². The van der Waals surface area contributed by atoms with Crippen molar-refractivity contribution in [2.24, 2.45) is 0 Å². The minimum absolute atomic E-state index is 0.242. The van der Waals surface area contributed by atoms with E-state index in [1.54, 1.807) is 7.11 Å². The van der Waals surface area contributed by atoms with Crippen molar-refractivity contribution in [1.29, 1.82) is 0 Å². The number of hydrogen-bond acceptors (Lipinski definition) is 5. The van der Waals surface area contributed by atoms with Gasteiger partial charge in [-0.2, -0.15) is 0 Å². The molecule has 1 aromatic carbocycles. The zero-order valence-electron chi connectivity index (χ0n) is 12.1. The molecule has 1 atom stereocenters. The van der Waals surface area contributed by atoms with Crippen molar-refractivity contribution in [3.63, 3.8) is 0 Å². The van der Waals surface area contributed by atoms with E-state index in [9.17, 15) is 0 Å². The molecular weight excluding hydrogens is 252 g/mol. The van der Waals surface area contributed by atoms with Crippen molar-refractivity contribution in [3.05, 3.63) is 42.2 Å². The lowest BCUT2D eigenvalue weighted by molar-refractivity contribution is 0.414. The number of nitrogens with one attached hydrogen (secondary N) is 2. The van der Waals surface area contributed by atoms with E-state index < -0.39 is 0 Å². The molecule has 1 aromatic heterocycles. The first-order valence-electron chi connectivity index (χ1n) is 6.61. The van der Waals surface area contributed by atoms with E-state index in [2.05, 4.69) is 39.7 Å². The van der Waals surface area contributed by atoms with E-state index in [-0.39, 0.29) is 6.04 Å². The van der Waals surface area contributed by atoms with E-state index in [1.807, 2.05) is 25.2 Å². The summed E-state index contributed by atoms with van der Waals surface area (Å²) in [4.78, 5) is 8.39. The van der Waals surface area contributed by atoms with Crippen LogP contribution in [-0.2, 0) is 6.42 Å². The Morgan fingerprint density at radius 1 is 1.15 bits per heavy atom. The summed E-state index contributed by atoms with van der Waals surface area (Å²) in [6.07, 6.45) is 2.44. The fourth-order valence-corrected chi connectivity index (χ4v) is 2.10. The molecular formula is C15H20N4O. The van der Waals surface area contributed by atoms with Crippen molar-refractivity contribution in [2.75, 3.05) is 24.8 Å². The average Bonchev–Trinajstić information content (AvgIpc) is 2.47. The van der Waals surface area contributed by atoms with Crippen LogP contribution in [-0.4, -0.2) is 30.2 Å². The molecule has 0 saturated carbocycles. The fourth-order valence-electron chi connectivity index (χ4n) is 2.10. The summed E-state index contributed by atoms with van der Waals surface area (Å²) in [7, 11) is 3.43. The second-order valence-electron chi connectivity index (χ2n) is 4.59. The molecule has 106 valence electrons. The van der Waals surface area contributed by atoms with Crippen molar-refractivity contribution in [1.82, 2.24) is 9.97 Å². The van der Waals surface area contributed by atoms with Crippen LogP contribution in [0.15, 0.2) is 36.7 Å². The second kappa shape index (κ2) is 6.75. The van der Waals surface area contributed by atoms with Gasteiger partial charge in [-0.3, -0.25) is 0 Å². The third-order valence-electron chi connectivity index (χ3n) is 3.01. The molecule has 0 bridgehead atoms. The van der Waals surface area contributed by atoms with E-state index in [4.69, 9.17) is 4.74 Å². The first-order valence-corrected chi connectivity index (χ1v) is 6.61. The van der Waals surface area contributed by atoms with Gasteiger partial charge in [-0.25, -0.2) is 9.97 Å². The molecule has 0 radical (unpaired) electrons. The van der Waals surface area contributed by atoms with Gasteiger partial charge in [0, 0.05) is 13.1 Å². The molecule has 5 nitrogen and oxygen atoms in total. The van der Waals surface area contributed by atoms with Gasteiger partial charge in [0.2, 0.25) is 5.75 Å². The van der Waals surface area contributed by atoms with Gasteiger partial charge in [-0.15, -0.1) is 0 Å². The molecule has 1 heterocycles. The van der Waals surface area contributed by atoms with Gasteiger partial charge in [0.1, 0.15) is 6.33 Å². The van der Waals surface area contributed by atoms with Gasteiger partial charge in [-0.05, 0) is 18.9 Å². The third kappa shape index (κ3) is 3.38. The molecule has 20 heavy (non-hydrogen) atoms. The number of benzene rings is 1. The van der Waals surface area contributed by atoms with Crippen LogP contribution in [0.5, 0.6) is 5.75 Å². The third-order valence-corrected chi connectivity index (χ3v) is 3.01. The Bertz CT molecular complexity index is 545. The number of anilines is 2. The highest BCUT2D eigenvalue weighted by molar-refractivity contribution is 5.63. The van der Waals surface area contributed by atoms with Crippen LogP contribution in [0.4, 0.5) is 11.6 Å². The maximum absolute atomic E-state index is 5.37. The molecule has 2 N–H and O–H groups in total. The zero-order chi connectivity index (χ0) is 14.4. The Hall–Kier alpha value is -2.30. The molecule has 0 aliphatic carbocycles. The molecule has 0 aliphatic rings. The van der Waals surface area contributed by atoms with Crippen molar-refractivity contribution in [2.45, 2.75) is 19.4 Å². The maximum atomic E-state index is 5.37. The second-order valence-corrected chi connectivity index (χ2v) is 4.59. The number of hydrogen-bond donors (Lipinski definition) is 2. The molecule has 0 saturated heterocycles. The smallest absolute Gasteiger partial charge is 0.204 e. The minimum Gasteiger partial charge on any atom is -0.490 e. The highest BCUT2D eigenvalue weighted by Crippen LogP contribution is 2.29. The summed E-state index contributed by atoms with van der Waals surface area (Å²) in [5.74, 6) is 2.02. The van der Waals surface area contributed by atoms with Crippen LogP contribution < -0.4 is 15.4 Å². The van der Waals surface area contributed by atoms with E-state index in [0.29, 0.717) is 17.4 Å². The van der Waals surface area contributed by atoms with Gasteiger partial charge in [0.25, 0.3) is 0 Å². The van der Waals surface area contributed by atoms with Gasteiger partial charge in [-0.1, -0.05) is 30.3 Å². The van der Waals surface area contributed by atoms with Crippen molar-refractivity contribution < 1.29 is 4.74 Å². The van der Waals surface area contributed by atoms with Crippen LogP contribution in [0.1, 0.15) is 12.5 Å². The summed E-state index contributed by atoms with van der Waals surface area (Å²) in [6.45, 7) is 2.12. The predicted octanol–water partition coefficient (Wildman–Crippen LogP) is 2.57. The highest BCUT2D eigenvalue weighted by atomic mass is 16.5. The molecule has 0 aliphatic heterocycles. The number of rotatable bonds is 6. The minimum atomic E-state index is 0.242. The molecule has 0 fully saturated rings. The Balaban J connectivity index is 2.09. The van der Waals surface area contributed by atoms with Crippen LogP contribution in [0, 0.1) is 0 Å². The topological polar surface area (TPSA) is 59.1 Å². The monoisotopic (exact) mass is 272 g/mol. The lowest BCUT2D eigenvalue weighted by Gasteiger charge is -2.17. The predicted molar refractivity (Wildman–Crippen MR) is 81.4 cm³/mol. The number of ether oxygens (including phenoxy) is 1. The van der Waals surface area contributed by atoms with Crippen LogP contribution >= 0.6 is 0 Å². The van der Waals surface area contributed by atoms with E-state index >= 15 is 0 Å². The summed E-state index contributed by atoms with van der Waals surface area (Å²) in [5, 5.41) is 6.36. The van der Waals surface area contributed by atoms with Crippen LogP contribution in [0.3, 0.4) is 0 Å². The van der Waals surface area contributed by atoms with E-state index in [1.165, 1.54) is 11.9 Å². The SMILES string of the molecule is CNc1ncnc(NC(C)Cc2ccccc2)c1OC. The summed E-state index contributed by atoms with van der Waals surface area (Å²) >= 11 is 0. The lowest BCUT2D eigenvalue weighted by Crippen LogP contribution is -2.19. The number of methoxy groups -OCH3 is 1. The maximum Gasteiger partial charge on any atom is 0.204 e. The normalized spacial score (nSPS) is 11.8. The van der Waals surface area contributed by atoms with Crippen molar-refractivity contribution in [3.8, 4) is 5.75 Å². The Kier molecular flexibility index (Phi) is 4.76. The average molecular weight is 272 g/mol. The van der Waals surface area contributed by atoms with Gasteiger partial charge < -0.3 is 15.4 Å². The Morgan fingerprint density at radius 3 is 2.50 bits per heavy atom. The van der Waals surface area contributed by atoms with Gasteiger partial charge in [0.15, 0.2) is 11.6 Å². The molecule has 0 spiro atoms. The Labute approximate surface area is 119 Å². The number of nitrogens with zero attached hydrogens (tertiary/aromatic N) is 2. The first-order chi connectivity index (χ1) is 9.74. The summed E-state index contributed by atoms with van der Waals surface area (Å²) < 4.78 is 5.37. The number of aromatic nitrogens is 2. The van der Waals surface area contributed by atoms with Crippen molar-refractivity contribution >= 4 is 11.6 Å². The van der Waals surface area contributed by atoms with Crippen LogP contribution in [0.2, 0.25) is 0 Å². The largest absolute Gasteiger partial charge is 0.490 e. The lowest BCUT2D eigenvalue weighted by atomic mass is 10.1. The molecule has 1 unspecified atom stereocenters. The standard InChI is InChI=1S/C15H20N4O/c1-11(9-12-7-5-4-6-8-12)19-15-13(20-3)14(16-2)17-10-18-15/h4-8,10-11H,9H2,1-3H3,(H2,16,17,18,19). The zero-order valence-corrected chi connectivity index (χ0v) is 12.1. The molecule has 2 rings (SSSR count).